The van der Waals surface area contributed by atoms with Crippen molar-refractivity contribution in [2.75, 3.05) is 19.0 Å². The Morgan fingerprint density at radius 2 is 1.73 bits per heavy atom. The molecule has 2 aromatic carbocycles. The minimum atomic E-state index is -4.69. The van der Waals surface area contributed by atoms with Crippen molar-refractivity contribution in [2.45, 2.75) is 44.0 Å². The number of halogens is 5. The molecule has 5 aromatic rings. The van der Waals surface area contributed by atoms with Crippen LogP contribution in [-0.2, 0) is 22.8 Å². The summed E-state index contributed by atoms with van der Waals surface area (Å²) in [5, 5.41) is 5.50. The average Bonchev–Trinajstić information content (AvgIpc) is 3.67. The number of ether oxygens (including phenoxy) is 1. The number of alkyl halides is 3. The Kier molecular flexibility index (Phi) is 9.17. The minimum Gasteiger partial charge on any atom is -0.381 e. The third-order valence-corrected chi connectivity index (χ3v) is 8.74. The summed E-state index contributed by atoms with van der Waals surface area (Å²) in [7, 11) is 3.29. The van der Waals surface area contributed by atoms with Gasteiger partial charge in [0.15, 0.2) is 0 Å². The van der Waals surface area contributed by atoms with Gasteiger partial charge in [0.05, 0.1) is 40.2 Å². The molecule has 0 bridgehead atoms. The number of anilines is 1. The van der Waals surface area contributed by atoms with Crippen LogP contribution in [0.25, 0.3) is 27.7 Å². The van der Waals surface area contributed by atoms with Gasteiger partial charge in [-0.1, -0.05) is 12.1 Å². The number of nitrogens with zero attached hydrogens (tertiary/aromatic N) is 3. The smallest absolute Gasteiger partial charge is 0.381 e. The van der Waals surface area contributed by atoms with Gasteiger partial charge in [0.1, 0.15) is 17.3 Å². The molecule has 2 N–H and O–H groups in total. The number of fused-ring (bicyclic) bond motifs is 2. The summed E-state index contributed by atoms with van der Waals surface area (Å²) in [5.74, 6) is -3.84. The number of imidazole rings is 1. The zero-order valence-electron chi connectivity index (χ0n) is 26.1. The second-order valence-corrected chi connectivity index (χ2v) is 11.8. The lowest BCUT2D eigenvalue weighted by Crippen LogP contribution is -2.35. The largest absolute Gasteiger partial charge is 0.417 e. The fourth-order valence-electron chi connectivity index (χ4n) is 6.22. The number of rotatable bonds is 9. The van der Waals surface area contributed by atoms with Crippen LogP contribution in [-0.4, -0.2) is 51.4 Å². The van der Waals surface area contributed by atoms with Crippen molar-refractivity contribution in [1.29, 1.82) is 0 Å². The molecule has 48 heavy (non-hydrogen) atoms. The van der Waals surface area contributed by atoms with Crippen molar-refractivity contribution in [3.05, 3.63) is 102 Å². The fraction of sp³-hybridized carbons (Fsp3) is 0.286. The molecule has 0 radical (unpaired) electrons. The van der Waals surface area contributed by atoms with Gasteiger partial charge in [0.25, 0.3) is 0 Å². The third kappa shape index (κ3) is 6.60. The molecule has 1 aliphatic carbocycles. The van der Waals surface area contributed by atoms with Crippen molar-refractivity contribution in [1.82, 2.24) is 19.3 Å². The second-order valence-electron chi connectivity index (χ2n) is 11.8. The number of benzene rings is 2. The van der Waals surface area contributed by atoms with E-state index in [1.165, 1.54) is 57.9 Å². The van der Waals surface area contributed by atoms with Gasteiger partial charge in [0.2, 0.25) is 11.7 Å². The zero-order valence-corrected chi connectivity index (χ0v) is 26.1. The van der Waals surface area contributed by atoms with Crippen molar-refractivity contribution in [3.8, 4) is 11.1 Å². The summed E-state index contributed by atoms with van der Waals surface area (Å²) in [4.78, 5) is 30.1. The molecule has 0 spiro atoms. The summed E-state index contributed by atoms with van der Waals surface area (Å²) in [6.45, 7) is 0.399. The lowest BCUT2D eigenvalue weighted by Gasteiger charge is -2.27. The van der Waals surface area contributed by atoms with Gasteiger partial charge < -0.3 is 24.3 Å². The topological polar surface area (TPSA) is 89.7 Å². The maximum Gasteiger partial charge on any atom is 0.417 e. The van der Waals surface area contributed by atoms with Crippen LogP contribution in [0.5, 0.6) is 0 Å². The molecule has 0 atom stereocenters. The molecule has 1 saturated carbocycles. The van der Waals surface area contributed by atoms with Gasteiger partial charge in [0, 0.05) is 50.1 Å². The molecular weight excluding hydrogens is 633 g/mol. The number of nitrogens with one attached hydrogen (secondary N) is 2. The van der Waals surface area contributed by atoms with Crippen LogP contribution in [0.2, 0.25) is 0 Å². The van der Waals surface area contributed by atoms with Gasteiger partial charge in [-0.2, -0.15) is 13.2 Å². The number of pyridine rings is 1. The van der Waals surface area contributed by atoms with E-state index >= 15 is 8.78 Å². The van der Waals surface area contributed by atoms with Crippen LogP contribution >= 0.6 is 0 Å². The molecule has 3 aromatic heterocycles. The number of carbonyl (C=O) groups is 2. The number of carbonyl (C=O) groups excluding carboxylic acids is 2. The lowest BCUT2D eigenvalue weighted by molar-refractivity contribution is -0.137. The highest BCUT2D eigenvalue weighted by Crippen LogP contribution is 2.41. The first-order chi connectivity index (χ1) is 22.9. The van der Waals surface area contributed by atoms with E-state index in [1.807, 2.05) is 0 Å². The van der Waals surface area contributed by atoms with Crippen LogP contribution in [0.4, 0.5) is 27.6 Å². The van der Waals surface area contributed by atoms with Crippen molar-refractivity contribution in [2.24, 2.45) is 7.05 Å². The van der Waals surface area contributed by atoms with E-state index in [2.05, 4.69) is 15.6 Å². The molecule has 0 saturated heterocycles. The Morgan fingerprint density at radius 3 is 2.42 bits per heavy atom. The molecule has 6 rings (SSSR count). The first-order valence-electron chi connectivity index (χ1n) is 15.3. The van der Waals surface area contributed by atoms with E-state index in [0.717, 1.165) is 43.9 Å². The predicted molar refractivity (Wildman–Crippen MR) is 171 cm³/mol. The normalized spacial score (nSPS) is 17.1. The number of aryl methyl sites for hydroxylation is 1. The molecule has 0 unspecified atom stereocenters. The number of aromatic nitrogens is 3. The maximum absolute atomic E-state index is 15.1. The van der Waals surface area contributed by atoms with E-state index in [0.29, 0.717) is 23.6 Å². The standard InChI is InChI=1S/C35H32F5N5O3/c1-44-19-42-28-17-24(25(18-31(28)44)35(38,39)40)23-5-4-14-45-29(23)11-12-30(45)34(47)20-15-26(36)33(27(37)16-20)43-32(46)6-3-13-41-21-7-9-22(48-2)10-8-21/h3-6,11-12,14-19,21-22,41H,7-10,13H2,1-2H3,(H,43,46)/b6-3+/t21-,22-. The quantitative estimate of drug-likeness (QED) is 0.100. The minimum absolute atomic E-state index is 0.0268. The first kappa shape index (κ1) is 33.0. The summed E-state index contributed by atoms with van der Waals surface area (Å²) in [5.41, 5.74) is -0.967. The van der Waals surface area contributed by atoms with Crippen LogP contribution in [0.1, 0.15) is 47.3 Å². The Bertz CT molecular complexity index is 2020. The number of ketones is 1. The Morgan fingerprint density at radius 1 is 1.00 bits per heavy atom. The van der Waals surface area contributed by atoms with E-state index < -0.39 is 40.8 Å². The van der Waals surface area contributed by atoms with E-state index in [9.17, 15) is 22.8 Å². The summed E-state index contributed by atoms with van der Waals surface area (Å²) >= 11 is 0. The molecule has 1 fully saturated rings. The highest BCUT2D eigenvalue weighted by Gasteiger charge is 2.35. The van der Waals surface area contributed by atoms with Crippen molar-refractivity contribution in [3.63, 3.8) is 0 Å². The van der Waals surface area contributed by atoms with E-state index in [4.69, 9.17) is 4.74 Å². The molecule has 250 valence electrons. The van der Waals surface area contributed by atoms with Crippen molar-refractivity contribution >= 4 is 33.9 Å². The summed E-state index contributed by atoms with van der Waals surface area (Å²) < 4.78 is 81.0. The summed E-state index contributed by atoms with van der Waals surface area (Å²) in [6.07, 6.45) is 4.99. The van der Waals surface area contributed by atoms with Crippen molar-refractivity contribution < 1.29 is 36.3 Å². The molecule has 1 aliphatic rings. The average molecular weight is 666 g/mol. The third-order valence-electron chi connectivity index (χ3n) is 8.74. The lowest BCUT2D eigenvalue weighted by atomic mass is 9.93. The number of hydrogen-bond acceptors (Lipinski definition) is 5. The van der Waals surface area contributed by atoms with Gasteiger partial charge >= 0.3 is 6.18 Å². The van der Waals surface area contributed by atoms with Gasteiger partial charge in [-0.25, -0.2) is 13.8 Å². The van der Waals surface area contributed by atoms with Gasteiger partial charge in [-0.15, -0.1) is 0 Å². The molecule has 3 heterocycles. The zero-order chi connectivity index (χ0) is 34.2. The van der Waals surface area contributed by atoms with Crippen LogP contribution in [0.15, 0.2) is 73.2 Å². The first-order valence-corrected chi connectivity index (χ1v) is 15.3. The van der Waals surface area contributed by atoms with Gasteiger partial charge in [-0.05, 0) is 73.7 Å². The maximum atomic E-state index is 15.1. The monoisotopic (exact) mass is 665 g/mol. The Labute approximate surface area is 272 Å². The number of methoxy groups -OCH3 is 1. The molecule has 8 nitrogen and oxygen atoms in total. The molecule has 0 aliphatic heterocycles. The van der Waals surface area contributed by atoms with Gasteiger partial charge in [-0.3, -0.25) is 9.59 Å². The van der Waals surface area contributed by atoms with Crippen LogP contribution in [0, 0.1) is 11.6 Å². The predicted octanol–water partition coefficient (Wildman–Crippen LogP) is 7.06. The second kappa shape index (κ2) is 13.3. The molecule has 1 amide bonds. The SMILES string of the molecule is CO[C@H]1CC[C@H](NC/C=C/C(=O)Nc2c(F)cc(C(=O)c3ccc4c(-c5cc6ncn(C)c6cc5C(F)(F)F)cccn34)cc2F)CC1. The fourth-order valence-corrected chi connectivity index (χ4v) is 6.22. The molecular formula is C35H32F5N5O3. The Hall–Kier alpha value is -4.88. The van der Waals surface area contributed by atoms with Crippen LogP contribution < -0.4 is 10.6 Å². The van der Waals surface area contributed by atoms with E-state index in [1.54, 1.807) is 20.2 Å². The number of amides is 1. The van der Waals surface area contributed by atoms with E-state index in [-0.39, 0.29) is 34.0 Å². The summed E-state index contributed by atoms with van der Waals surface area (Å²) in [6, 6.07) is 10.1. The molecule has 13 heteroatoms. The Balaban J connectivity index is 1.20. The number of hydrogen-bond donors (Lipinski definition) is 2. The van der Waals surface area contributed by atoms with Crippen LogP contribution in [0.3, 0.4) is 0 Å². The highest BCUT2D eigenvalue weighted by atomic mass is 19.4. The highest BCUT2D eigenvalue weighted by molar-refractivity contribution is 6.09.